The summed E-state index contributed by atoms with van der Waals surface area (Å²) in [4.78, 5) is 32.7. The SMILES string of the molecule is CN1C(=O)N2C[C@H]1c1cnn(C)c1[C@H]2c1noc(=O)n1Cc1csc(N)n1. The molecule has 0 radical (unpaired) electrons. The zero-order valence-corrected chi connectivity index (χ0v) is 15.4. The topological polar surface area (TPSA) is 128 Å². The third-order valence-corrected chi connectivity index (χ3v) is 5.90. The van der Waals surface area contributed by atoms with E-state index in [1.54, 1.807) is 33.1 Å². The standard InChI is InChI=1S/C15H16N8O3S/c1-20-9-5-22(14(20)24)11(10-8(9)3-17-21(10)2)12-19-26-15(25)23(12)4-7-6-27-13(16)18-7/h3,6,9,11H,4-5H2,1-2H3,(H2,16,18)/t9-,11-/m0/s1. The number of hydrogen-bond donors (Lipinski definition) is 1. The van der Waals surface area contributed by atoms with Gasteiger partial charge in [0.25, 0.3) is 0 Å². The van der Waals surface area contributed by atoms with Gasteiger partial charge in [0.2, 0.25) is 0 Å². The fourth-order valence-corrected chi connectivity index (χ4v) is 4.44. The lowest BCUT2D eigenvalue weighted by Crippen LogP contribution is -2.38. The van der Waals surface area contributed by atoms with Gasteiger partial charge in [-0.2, -0.15) is 5.10 Å². The summed E-state index contributed by atoms with van der Waals surface area (Å²) in [5.41, 5.74) is 8.10. The summed E-state index contributed by atoms with van der Waals surface area (Å²) >= 11 is 1.29. The van der Waals surface area contributed by atoms with Crippen LogP contribution in [0.3, 0.4) is 0 Å². The molecule has 2 aliphatic heterocycles. The first kappa shape index (κ1) is 16.1. The average molecular weight is 388 g/mol. The molecule has 1 saturated heterocycles. The maximum atomic E-state index is 12.8. The first-order valence-corrected chi connectivity index (χ1v) is 9.15. The molecular weight excluding hydrogens is 372 g/mol. The van der Waals surface area contributed by atoms with Crippen molar-refractivity contribution < 1.29 is 9.32 Å². The van der Waals surface area contributed by atoms with Crippen LogP contribution < -0.4 is 11.5 Å². The van der Waals surface area contributed by atoms with Gasteiger partial charge in [-0.3, -0.25) is 13.8 Å². The van der Waals surface area contributed by atoms with Gasteiger partial charge in [0.05, 0.1) is 30.2 Å². The first-order valence-electron chi connectivity index (χ1n) is 8.27. The number of fused-ring (bicyclic) bond motifs is 4. The number of nitrogens with zero attached hydrogens (tertiary/aromatic N) is 7. The van der Waals surface area contributed by atoms with Crippen molar-refractivity contribution in [2.24, 2.45) is 7.05 Å². The minimum absolute atomic E-state index is 0.0668. The number of thiazole rings is 1. The van der Waals surface area contributed by atoms with Crippen LogP contribution in [0.25, 0.3) is 0 Å². The highest BCUT2D eigenvalue weighted by Gasteiger charge is 2.50. The van der Waals surface area contributed by atoms with Crippen LogP contribution in [0, 0.1) is 0 Å². The van der Waals surface area contributed by atoms with Crippen molar-refractivity contribution >= 4 is 22.5 Å². The molecule has 0 spiro atoms. The van der Waals surface area contributed by atoms with Crippen molar-refractivity contribution in [2.75, 3.05) is 19.3 Å². The maximum absolute atomic E-state index is 12.8. The molecule has 2 N–H and O–H groups in total. The Labute approximate surface area is 156 Å². The van der Waals surface area contributed by atoms with Crippen LogP contribution >= 0.6 is 11.3 Å². The Morgan fingerprint density at radius 1 is 1.37 bits per heavy atom. The van der Waals surface area contributed by atoms with Crippen LogP contribution in [-0.4, -0.2) is 53.9 Å². The number of carbonyl (C=O) groups excluding carboxylic acids is 1. The zero-order chi connectivity index (χ0) is 18.9. The second-order valence-electron chi connectivity index (χ2n) is 6.64. The van der Waals surface area contributed by atoms with Gasteiger partial charge in [0, 0.05) is 31.6 Å². The smallest absolute Gasteiger partial charge is 0.375 e. The summed E-state index contributed by atoms with van der Waals surface area (Å²) in [6.07, 6.45) is 1.77. The molecule has 0 saturated carbocycles. The van der Waals surface area contributed by atoms with Crippen LogP contribution in [0.15, 0.2) is 20.9 Å². The molecule has 0 aromatic carbocycles. The predicted octanol–water partition coefficient (Wildman–Crippen LogP) is 0.168. The molecule has 140 valence electrons. The Kier molecular flexibility index (Phi) is 3.22. The molecule has 11 nitrogen and oxygen atoms in total. The van der Waals surface area contributed by atoms with Crippen molar-refractivity contribution in [1.82, 2.24) is 34.3 Å². The van der Waals surface area contributed by atoms with Gasteiger partial charge >= 0.3 is 11.8 Å². The van der Waals surface area contributed by atoms with Gasteiger partial charge in [-0.1, -0.05) is 5.16 Å². The summed E-state index contributed by atoms with van der Waals surface area (Å²) in [5.74, 6) is -0.263. The second-order valence-corrected chi connectivity index (χ2v) is 7.53. The van der Waals surface area contributed by atoms with Crippen molar-refractivity contribution in [3.8, 4) is 0 Å². The van der Waals surface area contributed by atoms with E-state index in [-0.39, 0.29) is 18.6 Å². The van der Waals surface area contributed by atoms with Crippen molar-refractivity contribution in [1.29, 1.82) is 0 Å². The van der Waals surface area contributed by atoms with Gasteiger partial charge in [0.15, 0.2) is 11.0 Å². The van der Waals surface area contributed by atoms with E-state index in [0.717, 1.165) is 11.3 Å². The van der Waals surface area contributed by atoms with Crippen LogP contribution in [0.5, 0.6) is 0 Å². The van der Waals surface area contributed by atoms with Gasteiger partial charge in [-0.25, -0.2) is 14.6 Å². The highest BCUT2D eigenvalue weighted by molar-refractivity contribution is 7.13. The van der Waals surface area contributed by atoms with Gasteiger partial charge in [-0.05, 0) is 0 Å². The molecule has 2 amide bonds. The number of aromatic nitrogens is 5. The number of nitrogen functional groups attached to an aromatic ring is 1. The fourth-order valence-electron chi connectivity index (χ4n) is 3.89. The number of carbonyl (C=O) groups is 1. The van der Waals surface area contributed by atoms with E-state index in [1.165, 1.54) is 15.9 Å². The third-order valence-electron chi connectivity index (χ3n) is 5.18. The van der Waals surface area contributed by atoms with Gasteiger partial charge in [-0.15, -0.1) is 11.3 Å². The largest absolute Gasteiger partial charge is 0.442 e. The summed E-state index contributed by atoms with van der Waals surface area (Å²) in [6.45, 7) is 0.666. The van der Waals surface area contributed by atoms with Crippen molar-refractivity contribution in [2.45, 2.75) is 18.6 Å². The monoisotopic (exact) mass is 388 g/mol. The van der Waals surface area contributed by atoms with Crippen molar-refractivity contribution in [3.63, 3.8) is 0 Å². The molecule has 2 bridgehead atoms. The molecular formula is C15H16N8O3S. The van der Waals surface area contributed by atoms with Gasteiger partial charge < -0.3 is 15.5 Å². The lowest BCUT2D eigenvalue weighted by molar-refractivity contribution is 0.185. The molecule has 2 atom stereocenters. The van der Waals surface area contributed by atoms with Crippen molar-refractivity contribution in [3.05, 3.63) is 44.9 Å². The second kappa shape index (κ2) is 5.42. The number of rotatable bonds is 3. The van der Waals surface area contributed by atoms with Crippen LogP contribution in [-0.2, 0) is 13.6 Å². The molecule has 0 aliphatic carbocycles. The summed E-state index contributed by atoms with van der Waals surface area (Å²) in [7, 11) is 3.58. The lowest BCUT2D eigenvalue weighted by atomic mass is 9.97. The Balaban J connectivity index is 1.66. The van der Waals surface area contributed by atoms with E-state index < -0.39 is 11.8 Å². The number of anilines is 1. The molecule has 3 aromatic heterocycles. The minimum Gasteiger partial charge on any atom is -0.375 e. The highest BCUT2D eigenvalue weighted by atomic mass is 32.1. The van der Waals surface area contributed by atoms with E-state index in [1.807, 2.05) is 7.05 Å². The average Bonchev–Trinajstić information content (AvgIpc) is 3.38. The predicted molar refractivity (Wildman–Crippen MR) is 94.0 cm³/mol. The van der Waals surface area contributed by atoms with Crippen LogP contribution in [0.1, 0.15) is 34.9 Å². The number of nitrogens with two attached hydrogens (primary N) is 1. The molecule has 5 heterocycles. The van der Waals surface area contributed by atoms with Gasteiger partial charge in [0.1, 0.15) is 6.04 Å². The van der Waals surface area contributed by atoms with E-state index in [2.05, 4.69) is 15.2 Å². The molecule has 5 rings (SSSR count). The normalized spacial score (nSPS) is 21.2. The Bertz CT molecular complexity index is 1110. The molecule has 2 aliphatic rings. The summed E-state index contributed by atoms with van der Waals surface area (Å²) in [6, 6.07) is -0.757. The number of aryl methyl sites for hydroxylation is 1. The first-order chi connectivity index (χ1) is 13.0. The maximum Gasteiger partial charge on any atom is 0.442 e. The molecule has 1 fully saturated rings. The number of amides is 2. The number of urea groups is 1. The van der Waals surface area contributed by atoms with E-state index in [4.69, 9.17) is 10.3 Å². The zero-order valence-electron chi connectivity index (χ0n) is 14.6. The minimum atomic E-state index is -0.609. The Hall–Kier alpha value is -3.15. The van der Waals surface area contributed by atoms with Crippen LogP contribution in [0.4, 0.5) is 9.93 Å². The quantitative estimate of drug-likeness (QED) is 0.677. The molecule has 0 unspecified atom stereocenters. The molecule has 27 heavy (non-hydrogen) atoms. The molecule has 12 heteroatoms. The number of hydrogen-bond acceptors (Lipinski definition) is 8. The van der Waals surface area contributed by atoms with Crippen LogP contribution in [0.2, 0.25) is 0 Å². The third kappa shape index (κ3) is 2.16. The van der Waals surface area contributed by atoms with E-state index in [0.29, 0.717) is 23.2 Å². The summed E-state index contributed by atoms with van der Waals surface area (Å²) < 4.78 is 8.06. The highest BCUT2D eigenvalue weighted by Crippen LogP contribution is 2.44. The molecule has 3 aromatic rings. The lowest BCUT2D eigenvalue weighted by Gasteiger charge is -2.30. The number of likely N-dealkylation sites (N-methyl/N-ethyl adjacent to an activating group) is 1. The van der Waals surface area contributed by atoms with E-state index >= 15 is 0 Å². The fraction of sp³-hybridized carbons (Fsp3) is 0.400. The van der Waals surface area contributed by atoms with E-state index in [9.17, 15) is 9.59 Å². The summed E-state index contributed by atoms with van der Waals surface area (Å²) in [5, 5.41) is 10.6. The Morgan fingerprint density at radius 2 is 2.19 bits per heavy atom. The Morgan fingerprint density at radius 3 is 2.93 bits per heavy atom.